The third kappa shape index (κ3) is 4.13. The highest BCUT2D eigenvalue weighted by Crippen LogP contribution is 2.15. The van der Waals surface area contributed by atoms with Crippen LogP contribution in [0.5, 0.6) is 0 Å². The fourth-order valence-corrected chi connectivity index (χ4v) is 2.44. The van der Waals surface area contributed by atoms with Crippen LogP contribution in [-0.2, 0) is 6.54 Å². The van der Waals surface area contributed by atoms with Crippen molar-refractivity contribution in [2.24, 2.45) is 0 Å². The summed E-state index contributed by atoms with van der Waals surface area (Å²) in [6, 6.07) is 10.9. The van der Waals surface area contributed by atoms with Crippen LogP contribution < -0.4 is 10.6 Å². The van der Waals surface area contributed by atoms with Crippen molar-refractivity contribution in [3.05, 3.63) is 78.1 Å². The molecule has 0 spiro atoms. The minimum atomic E-state index is -0.440. The summed E-state index contributed by atoms with van der Waals surface area (Å²) in [5.74, 6) is -0.487. The number of hydrogen-bond donors (Lipinski definition) is 2. The summed E-state index contributed by atoms with van der Waals surface area (Å²) in [4.78, 5) is 27.2. The molecule has 6 nitrogen and oxygen atoms in total. The van der Waals surface area contributed by atoms with Gasteiger partial charge in [0.05, 0.1) is 12.0 Å². The second kappa shape index (κ2) is 7.60. The molecule has 26 heavy (non-hydrogen) atoms. The Labute approximate surface area is 149 Å². The van der Waals surface area contributed by atoms with Crippen molar-refractivity contribution in [1.82, 2.24) is 14.9 Å². The standard InChI is InChI=1S/C19H17FN4O2/c1-13(25)15-3-2-4-16(10-15)23-19(26)22-11-14-5-6-18(17(20)9-14)24-8-7-21-12-24/h2-10,12H,11H2,1H3,(H2,22,23,26). The number of carbonyl (C=O) groups excluding carboxylic acids is 2. The molecule has 0 atom stereocenters. The summed E-state index contributed by atoms with van der Waals surface area (Å²) < 4.78 is 15.8. The monoisotopic (exact) mass is 352 g/mol. The number of hydrogen-bond acceptors (Lipinski definition) is 3. The Morgan fingerprint density at radius 1 is 1.19 bits per heavy atom. The van der Waals surface area contributed by atoms with Gasteiger partial charge in [-0.2, -0.15) is 0 Å². The summed E-state index contributed by atoms with van der Waals surface area (Å²) in [5, 5.41) is 5.30. The molecule has 1 heterocycles. The molecule has 132 valence electrons. The third-order valence-electron chi connectivity index (χ3n) is 3.77. The molecule has 2 amide bonds. The number of amides is 2. The van der Waals surface area contributed by atoms with Gasteiger partial charge in [0.2, 0.25) is 0 Å². The lowest BCUT2D eigenvalue weighted by molar-refractivity contribution is 0.101. The van der Waals surface area contributed by atoms with Crippen molar-refractivity contribution in [2.75, 3.05) is 5.32 Å². The molecular formula is C19H17FN4O2. The molecule has 2 N–H and O–H groups in total. The average molecular weight is 352 g/mol. The van der Waals surface area contributed by atoms with Crippen molar-refractivity contribution >= 4 is 17.5 Å². The summed E-state index contributed by atoms with van der Waals surface area (Å²) >= 11 is 0. The topological polar surface area (TPSA) is 76.0 Å². The van der Waals surface area contributed by atoms with E-state index in [4.69, 9.17) is 0 Å². The van der Waals surface area contributed by atoms with E-state index < -0.39 is 11.8 Å². The predicted molar refractivity (Wildman–Crippen MR) is 95.8 cm³/mol. The van der Waals surface area contributed by atoms with Crippen molar-refractivity contribution in [2.45, 2.75) is 13.5 Å². The molecule has 0 saturated carbocycles. The van der Waals surface area contributed by atoms with Gasteiger partial charge in [0.15, 0.2) is 5.78 Å². The van der Waals surface area contributed by atoms with Crippen molar-refractivity contribution < 1.29 is 14.0 Å². The maximum absolute atomic E-state index is 14.2. The smallest absolute Gasteiger partial charge is 0.319 e. The average Bonchev–Trinajstić information content (AvgIpc) is 3.14. The maximum atomic E-state index is 14.2. The van der Waals surface area contributed by atoms with E-state index in [0.29, 0.717) is 22.5 Å². The molecular weight excluding hydrogens is 335 g/mol. The van der Waals surface area contributed by atoms with Gasteiger partial charge >= 0.3 is 6.03 Å². The molecule has 0 aliphatic carbocycles. The van der Waals surface area contributed by atoms with E-state index in [2.05, 4.69) is 15.6 Å². The lowest BCUT2D eigenvalue weighted by Gasteiger charge is -2.10. The molecule has 2 aromatic carbocycles. The van der Waals surface area contributed by atoms with Gasteiger partial charge in [0.1, 0.15) is 5.82 Å². The zero-order valence-electron chi connectivity index (χ0n) is 14.1. The molecule has 7 heteroatoms. The number of imidazole rings is 1. The Balaban J connectivity index is 1.60. The number of carbonyl (C=O) groups is 2. The highest BCUT2D eigenvalue weighted by atomic mass is 19.1. The lowest BCUT2D eigenvalue weighted by Crippen LogP contribution is -2.28. The largest absolute Gasteiger partial charge is 0.334 e. The summed E-state index contributed by atoms with van der Waals surface area (Å²) in [5.41, 5.74) is 2.03. The first-order valence-corrected chi connectivity index (χ1v) is 7.95. The van der Waals surface area contributed by atoms with Crippen LogP contribution in [0.15, 0.2) is 61.2 Å². The first-order chi connectivity index (χ1) is 12.5. The Hall–Kier alpha value is -3.48. The molecule has 0 bridgehead atoms. The van der Waals surface area contributed by atoms with Crippen LogP contribution >= 0.6 is 0 Å². The fraction of sp³-hybridized carbons (Fsp3) is 0.105. The van der Waals surface area contributed by atoms with E-state index in [1.165, 1.54) is 19.3 Å². The van der Waals surface area contributed by atoms with Gasteiger partial charge in [-0.3, -0.25) is 4.79 Å². The number of aromatic nitrogens is 2. The number of anilines is 1. The SMILES string of the molecule is CC(=O)c1cccc(NC(=O)NCc2ccc(-n3ccnc3)c(F)c2)c1. The number of benzene rings is 2. The molecule has 3 aromatic rings. The van der Waals surface area contributed by atoms with Crippen LogP contribution in [0.25, 0.3) is 5.69 Å². The number of Topliss-reactive ketones (excluding diaryl/α,β-unsaturated/α-hetero) is 1. The summed E-state index contributed by atoms with van der Waals surface area (Å²) in [6.45, 7) is 1.63. The maximum Gasteiger partial charge on any atom is 0.319 e. The molecule has 0 radical (unpaired) electrons. The van der Waals surface area contributed by atoms with Crippen LogP contribution in [0.4, 0.5) is 14.9 Å². The van der Waals surface area contributed by atoms with Gasteiger partial charge in [-0.1, -0.05) is 18.2 Å². The minimum absolute atomic E-state index is 0.0810. The molecule has 0 saturated heterocycles. The number of urea groups is 1. The summed E-state index contributed by atoms with van der Waals surface area (Å²) in [7, 11) is 0. The molecule has 0 aliphatic rings. The Kier molecular flexibility index (Phi) is 5.07. The van der Waals surface area contributed by atoms with Gasteiger partial charge in [0.25, 0.3) is 0 Å². The van der Waals surface area contributed by atoms with Crippen molar-refractivity contribution in [3.8, 4) is 5.69 Å². The Morgan fingerprint density at radius 2 is 2.04 bits per heavy atom. The van der Waals surface area contributed by atoms with Crippen LogP contribution in [0.1, 0.15) is 22.8 Å². The summed E-state index contributed by atoms with van der Waals surface area (Å²) in [6.07, 6.45) is 4.73. The molecule has 0 unspecified atom stereocenters. The fourth-order valence-electron chi connectivity index (χ4n) is 2.44. The number of nitrogens with one attached hydrogen (secondary N) is 2. The van der Waals surface area contributed by atoms with E-state index in [1.807, 2.05) is 0 Å². The van der Waals surface area contributed by atoms with Crippen molar-refractivity contribution in [3.63, 3.8) is 0 Å². The Morgan fingerprint density at radius 3 is 2.73 bits per heavy atom. The van der Waals surface area contributed by atoms with Gasteiger partial charge in [-0.05, 0) is 36.8 Å². The van der Waals surface area contributed by atoms with Crippen LogP contribution in [0.3, 0.4) is 0 Å². The lowest BCUT2D eigenvalue weighted by atomic mass is 10.1. The number of ketones is 1. The second-order valence-electron chi connectivity index (χ2n) is 5.70. The normalized spacial score (nSPS) is 10.4. The first kappa shape index (κ1) is 17.3. The van der Waals surface area contributed by atoms with E-state index in [0.717, 1.165) is 0 Å². The third-order valence-corrected chi connectivity index (χ3v) is 3.77. The van der Waals surface area contributed by atoms with E-state index in [1.54, 1.807) is 53.4 Å². The highest BCUT2D eigenvalue weighted by Gasteiger charge is 2.08. The predicted octanol–water partition coefficient (Wildman–Crippen LogP) is 3.54. The van der Waals surface area contributed by atoms with Gasteiger partial charge < -0.3 is 15.2 Å². The van der Waals surface area contributed by atoms with Crippen LogP contribution in [0, 0.1) is 5.82 Å². The van der Waals surface area contributed by atoms with E-state index in [9.17, 15) is 14.0 Å². The number of halogens is 1. The second-order valence-corrected chi connectivity index (χ2v) is 5.70. The van der Waals surface area contributed by atoms with Crippen molar-refractivity contribution in [1.29, 1.82) is 0 Å². The quantitative estimate of drug-likeness (QED) is 0.690. The van der Waals surface area contributed by atoms with Crippen LogP contribution in [0.2, 0.25) is 0 Å². The molecule has 0 aliphatic heterocycles. The first-order valence-electron chi connectivity index (χ1n) is 7.95. The van der Waals surface area contributed by atoms with Crippen LogP contribution in [-0.4, -0.2) is 21.4 Å². The van der Waals surface area contributed by atoms with Gasteiger partial charge in [-0.25, -0.2) is 14.2 Å². The minimum Gasteiger partial charge on any atom is -0.334 e. The van der Waals surface area contributed by atoms with Gasteiger partial charge in [0, 0.05) is 30.2 Å². The molecule has 3 rings (SSSR count). The zero-order valence-corrected chi connectivity index (χ0v) is 14.1. The number of nitrogens with zero attached hydrogens (tertiary/aromatic N) is 2. The number of rotatable bonds is 5. The Bertz CT molecular complexity index is 938. The van der Waals surface area contributed by atoms with Gasteiger partial charge in [-0.15, -0.1) is 0 Å². The molecule has 1 aromatic heterocycles. The zero-order chi connectivity index (χ0) is 18.5. The highest BCUT2D eigenvalue weighted by molar-refractivity contribution is 5.96. The van der Waals surface area contributed by atoms with E-state index in [-0.39, 0.29) is 12.3 Å². The van der Waals surface area contributed by atoms with E-state index >= 15 is 0 Å². The molecule has 0 fully saturated rings.